The van der Waals surface area contributed by atoms with Crippen LogP contribution in [0.15, 0.2) is 60.8 Å². The molecule has 4 aromatic rings. The van der Waals surface area contributed by atoms with Crippen molar-refractivity contribution in [3.63, 3.8) is 0 Å². The highest BCUT2D eigenvalue weighted by molar-refractivity contribution is 6.09. The molecule has 1 atom stereocenters. The Hall–Kier alpha value is -4.92. The van der Waals surface area contributed by atoms with E-state index in [1.807, 2.05) is 59.2 Å². The molecule has 43 heavy (non-hydrogen) atoms. The maximum atomic E-state index is 13.8. The zero-order valence-electron chi connectivity index (χ0n) is 23.7. The van der Waals surface area contributed by atoms with Gasteiger partial charge in [-0.05, 0) is 36.2 Å². The highest BCUT2D eigenvalue weighted by Crippen LogP contribution is 2.35. The van der Waals surface area contributed by atoms with Gasteiger partial charge in [-0.1, -0.05) is 42.2 Å². The van der Waals surface area contributed by atoms with Gasteiger partial charge < -0.3 is 29.2 Å². The number of amides is 3. The predicted octanol–water partition coefficient (Wildman–Crippen LogP) is 3.74. The van der Waals surface area contributed by atoms with Crippen LogP contribution in [-0.4, -0.2) is 77.5 Å². The van der Waals surface area contributed by atoms with Crippen molar-refractivity contribution in [3.05, 3.63) is 71.9 Å². The van der Waals surface area contributed by atoms with E-state index in [0.717, 1.165) is 21.9 Å². The number of likely N-dealkylation sites (tertiary alicyclic amines) is 1. The fraction of sp³-hybridized carbons (Fsp3) is 0.312. The van der Waals surface area contributed by atoms with E-state index in [1.54, 1.807) is 13.3 Å². The van der Waals surface area contributed by atoms with Gasteiger partial charge in [-0.2, -0.15) is 0 Å². The third-order valence-electron chi connectivity index (χ3n) is 7.15. The molecule has 5 rings (SSSR count). The number of rotatable bonds is 11. The smallest absolute Gasteiger partial charge is 0.404 e. The van der Waals surface area contributed by atoms with Crippen molar-refractivity contribution in [1.82, 2.24) is 19.8 Å². The number of piperidine rings is 1. The lowest BCUT2D eigenvalue weighted by Crippen LogP contribution is -2.45. The van der Waals surface area contributed by atoms with Crippen LogP contribution < -0.4 is 10.1 Å². The number of methoxy groups -OCH3 is 1. The van der Waals surface area contributed by atoms with E-state index in [-0.39, 0.29) is 44.5 Å². The van der Waals surface area contributed by atoms with Crippen LogP contribution in [0.25, 0.3) is 21.9 Å². The maximum Gasteiger partial charge on any atom is 0.404 e. The molecule has 2 aromatic heterocycles. The van der Waals surface area contributed by atoms with Crippen molar-refractivity contribution in [1.29, 1.82) is 0 Å². The minimum atomic E-state index is -1.08. The van der Waals surface area contributed by atoms with Crippen molar-refractivity contribution in [2.75, 3.05) is 40.1 Å². The quantitative estimate of drug-likeness (QED) is 0.155. The normalized spacial score (nSPS) is 15.0. The van der Waals surface area contributed by atoms with Crippen LogP contribution in [0, 0.1) is 11.8 Å². The van der Waals surface area contributed by atoms with Gasteiger partial charge in [-0.15, -0.1) is 0 Å². The second-order valence-corrected chi connectivity index (χ2v) is 9.90. The summed E-state index contributed by atoms with van der Waals surface area (Å²) < 4.78 is 17.9. The number of carbonyl (C=O) groups excluding carboxylic acids is 2. The van der Waals surface area contributed by atoms with Crippen molar-refractivity contribution in [2.45, 2.75) is 25.4 Å². The number of nitrogens with one attached hydrogen (secondary N) is 1. The Kier molecular flexibility index (Phi) is 9.51. The number of hydrogen-bond donors (Lipinski definition) is 2. The Balaban J connectivity index is 1.30. The topological polar surface area (TPSA) is 132 Å². The van der Waals surface area contributed by atoms with Crippen LogP contribution >= 0.6 is 0 Å². The second kappa shape index (κ2) is 13.8. The Morgan fingerprint density at radius 3 is 2.65 bits per heavy atom. The third-order valence-corrected chi connectivity index (χ3v) is 7.15. The van der Waals surface area contributed by atoms with Gasteiger partial charge in [0, 0.05) is 35.5 Å². The number of benzene rings is 2. The van der Waals surface area contributed by atoms with Gasteiger partial charge >= 0.3 is 6.09 Å². The van der Waals surface area contributed by atoms with Crippen molar-refractivity contribution in [2.24, 2.45) is 0 Å². The Morgan fingerprint density at radius 1 is 1.07 bits per heavy atom. The molecule has 3 heterocycles. The maximum absolute atomic E-state index is 13.8. The molecule has 0 bridgehead atoms. The first-order chi connectivity index (χ1) is 21.0. The van der Waals surface area contributed by atoms with Crippen LogP contribution in [0.2, 0.25) is 0 Å². The number of aromatic nitrogens is 2. The Bertz CT molecular complexity index is 1690. The van der Waals surface area contributed by atoms with Crippen molar-refractivity contribution in [3.8, 4) is 17.6 Å². The highest BCUT2D eigenvalue weighted by atomic mass is 16.5. The van der Waals surface area contributed by atoms with Gasteiger partial charge in [0.05, 0.1) is 39.0 Å². The molecule has 2 aromatic carbocycles. The summed E-state index contributed by atoms with van der Waals surface area (Å²) in [5.41, 5.74) is 3.08. The zero-order valence-corrected chi connectivity index (χ0v) is 23.7. The number of fused-ring (bicyclic) bond motifs is 3. The molecule has 1 aliphatic heterocycles. The largest absolute Gasteiger partial charge is 0.497 e. The van der Waals surface area contributed by atoms with Crippen LogP contribution in [0.4, 0.5) is 4.79 Å². The Morgan fingerprint density at radius 2 is 1.86 bits per heavy atom. The Labute approximate surface area is 248 Å². The molecule has 3 amide bonds. The summed E-state index contributed by atoms with van der Waals surface area (Å²) in [7, 11) is 1.59. The van der Waals surface area contributed by atoms with E-state index in [2.05, 4.69) is 17.2 Å². The summed E-state index contributed by atoms with van der Waals surface area (Å²) in [4.78, 5) is 43.1. The first-order valence-corrected chi connectivity index (χ1v) is 13.9. The molecule has 1 fully saturated rings. The van der Waals surface area contributed by atoms with Crippen LogP contribution in [0.1, 0.15) is 30.0 Å². The summed E-state index contributed by atoms with van der Waals surface area (Å²) in [6, 6.07) is 16.6. The molecule has 0 radical (unpaired) electrons. The van der Waals surface area contributed by atoms with E-state index in [9.17, 15) is 14.4 Å². The first-order valence-electron chi connectivity index (χ1n) is 13.9. The average molecular weight is 585 g/mol. The minimum Gasteiger partial charge on any atom is -0.497 e. The van der Waals surface area contributed by atoms with Gasteiger partial charge in [-0.3, -0.25) is 14.5 Å². The van der Waals surface area contributed by atoms with Crippen LogP contribution in [-0.2, 0) is 25.6 Å². The lowest BCUT2D eigenvalue weighted by molar-refractivity contribution is -0.151. The van der Waals surface area contributed by atoms with Crippen LogP contribution in [0.5, 0.6) is 5.75 Å². The first kappa shape index (κ1) is 29.6. The number of pyridine rings is 1. The summed E-state index contributed by atoms with van der Waals surface area (Å²) in [5, 5.41) is 12.6. The number of ether oxygens (including phenoxy) is 3. The van der Waals surface area contributed by atoms with Gasteiger partial charge in [0.25, 0.3) is 5.91 Å². The lowest BCUT2D eigenvalue weighted by Gasteiger charge is -2.32. The SMILES string of the molecule is COc1ccc(CN2C(=O)CC[C@H](n3c4ccccc4c4cc(C#CCOCCOCCNC(=O)O)cnc43)C2=O)cc1. The van der Waals surface area contributed by atoms with E-state index < -0.39 is 12.1 Å². The van der Waals surface area contributed by atoms with Gasteiger partial charge in [-0.25, -0.2) is 9.78 Å². The fourth-order valence-electron chi connectivity index (χ4n) is 5.11. The molecule has 11 nitrogen and oxygen atoms in total. The average Bonchev–Trinajstić information content (AvgIpc) is 3.34. The fourth-order valence-corrected chi connectivity index (χ4v) is 5.11. The molecule has 0 spiro atoms. The lowest BCUT2D eigenvalue weighted by atomic mass is 10.0. The number of carboxylic acid groups (broad SMARTS) is 1. The molecule has 0 saturated carbocycles. The van der Waals surface area contributed by atoms with Crippen LogP contribution in [0.3, 0.4) is 0 Å². The molecular weight excluding hydrogens is 552 g/mol. The molecule has 0 aliphatic carbocycles. The van der Waals surface area contributed by atoms with E-state index >= 15 is 0 Å². The van der Waals surface area contributed by atoms with Gasteiger partial charge in [0.2, 0.25) is 5.91 Å². The zero-order chi connectivity index (χ0) is 30.2. The molecule has 2 N–H and O–H groups in total. The highest BCUT2D eigenvalue weighted by Gasteiger charge is 2.37. The number of hydrogen-bond acceptors (Lipinski definition) is 7. The van der Waals surface area contributed by atoms with Gasteiger partial charge in [0.15, 0.2) is 0 Å². The summed E-state index contributed by atoms with van der Waals surface area (Å²) in [5.74, 6) is 6.33. The molecular formula is C32H32N4O7. The molecule has 1 aliphatic rings. The minimum absolute atomic E-state index is 0.188. The molecule has 222 valence electrons. The number of para-hydroxylation sites is 1. The summed E-state index contributed by atoms with van der Waals surface area (Å²) in [6.07, 6.45) is 1.25. The summed E-state index contributed by atoms with van der Waals surface area (Å²) >= 11 is 0. The summed E-state index contributed by atoms with van der Waals surface area (Å²) in [6.45, 7) is 1.54. The molecule has 1 saturated heterocycles. The number of carbonyl (C=O) groups is 3. The molecule has 0 unspecified atom stereocenters. The van der Waals surface area contributed by atoms with E-state index in [4.69, 9.17) is 24.3 Å². The monoisotopic (exact) mass is 584 g/mol. The predicted molar refractivity (Wildman–Crippen MR) is 159 cm³/mol. The molecule has 11 heteroatoms. The van der Waals surface area contributed by atoms with Crippen molar-refractivity contribution >= 4 is 39.8 Å². The van der Waals surface area contributed by atoms with E-state index in [0.29, 0.717) is 36.6 Å². The third kappa shape index (κ3) is 6.94. The van der Waals surface area contributed by atoms with Crippen molar-refractivity contribution < 1.29 is 33.7 Å². The van der Waals surface area contributed by atoms with Gasteiger partial charge in [0.1, 0.15) is 24.0 Å². The second-order valence-electron chi connectivity index (χ2n) is 9.90. The standard InChI is InChI=1S/C32H32N4O7/c1-41-24-10-8-22(9-11-24)21-35-29(37)13-12-28(31(35)38)36-27-7-3-2-6-25(27)26-19-23(20-34-30(26)36)5-4-15-42-17-18-43-16-14-33-32(39)40/h2-3,6-11,19-20,28,33H,12-18,21H2,1H3,(H,39,40)/t28-/m0/s1. The number of imide groups is 1. The van der Waals surface area contributed by atoms with E-state index in [1.165, 1.54) is 4.90 Å². The number of nitrogens with zero attached hydrogens (tertiary/aromatic N) is 3.